The number of hydrogen-bond donors (Lipinski definition) is 0. The lowest BCUT2D eigenvalue weighted by molar-refractivity contribution is 0.234. The molecule has 0 spiro atoms. The summed E-state index contributed by atoms with van der Waals surface area (Å²) in [7, 11) is 0. The lowest BCUT2D eigenvalue weighted by Gasteiger charge is -2.17. The molecule has 0 radical (unpaired) electrons. The van der Waals surface area contributed by atoms with E-state index in [1.165, 1.54) is 5.56 Å². The number of halogens is 1. The van der Waals surface area contributed by atoms with E-state index in [2.05, 4.69) is 41.9 Å². The lowest BCUT2D eigenvalue weighted by atomic mass is 10.0. The number of benzene rings is 1. The second-order valence-electron chi connectivity index (χ2n) is 5.46. The highest BCUT2D eigenvalue weighted by Crippen LogP contribution is 2.49. The Morgan fingerprint density at radius 2 is 2.17 bits per heavy atom. The molecule has 0 aromatic heterocycles. The lowest BCUT2D eigenvalue weighted by Crippen LogP contribution is -2.13. The van der Waals surface area contributed by atoms with Gasteiger partial charge in [0.25, 0.3) is 0 Å². The number of nitriles is 1. The molecule has 96 valence electrons. The average molecular weight is 308 g/mol. The van der Waals surface area contributed by atoms with Crippen LogP contribution in [0, 0.1) is 16.7 Å². The highest BCUT2D eigenvalue weighted by Gasteiger charge is 2.43. The van der Waals surface area contributed by atoms with Crippen LogP contribution in [0.2, 0.25) is 0 Å². The van der Waals surface area contributed by atoms with Crippen molar-refractivity contribution in [2.45, 2.75) is 39.0 Å². The fourth-order valence-corrected chi connectivity index (χ4v) is 2.43. The van der Waals surface area contributed by atoms with E-state index in [0.717, 1.165) is 23.1 Å². The molecule has 0 bridgehead atoms. The maximum atomic E-state index is 8.81. The maximum absolute atomic E-state index is 8.81. The summed E-state index contributed by atoms with van der Waals surface area (Å²) >= 11 is 3.49. The van der Waals surface area contributed by atoms with Crippen LogP contribution in [0.5, 0.6) is 5.75 Å². The van der Waals surface area contributed by atoms with E-state index in [9.17, 15) is 0 Å². The van der Waals surface area contributed by atoms with Gasteiger partial charge in [0.05, 0.1) is 12.7 Å². The molecule has 0 amide bonds. The Balaban J connectivity index is 2.08. The Morgan fingerprint density at radius 1 is 1.44 bits per heavy atom. The van der Waals surface area contributed by atoms with Gasteiger partial charge >= 0.3 is 0 Å². The monoisotopic (exact) mass is 307 g/mol. The smallest absolute Gasteiger partial charge is 0.122 e. The minimum Gasteiger partial charge on any atom is -0.493 e. The van der Waals surface area contributed by atoms with Gasteiger partial charge in [-0.3, -0.25) is 0 Å². The summed E-state index contributed by atoms with van der Waals surface area (Å²) < 4.78 is 7.04. The van der Waals surface area contributed by atoms with Crippen LogP contribution in [0.4, 0.5) is 0 Å². The van der Waals surface area contributed by atoms with Crippen LogP contribution in [0.3, 0.4) is 0 Å². The number of rotatable bonds is 5. The van der Waals surface area contributed by atoms with E-state index in [-0.39, 0.29) is 5.41 Å². The minimum atomic E-state index is 0.135. The summed E-state index contributed by atoms with van der Waals surface area (Å²) in [6.07, 6.45) is 2.85. The van der Waals surface area contributed by atoms with Crippen LogP contribution < -0.4 is 4.74 Å². The van der Waals surface area contributed by atoms with Crippen molar-refractivity contribution in [3.63, 3.8) is 0 Å². The summed E-state index contributed by atoms with van der Waals surface area (Å²) in [6, 6.07) is 8.40. The zero-order valence-electron chi connectivity index (χ0n) is 10.9. The topological polar surface area (TPSA) is 33.0 Å². The quantitative estimate of drug-likeness (QED) is 0.793. The first-order valence-corrected chi connectivity index (χ1v) is 7.15. The van der Waals surface area contributed by atoms with E-state index >= 15 is 0 Å². The number of ether oxygens (including phenoxy) is 1. The molecule has 0 atom stereocenters. The van der Waals surface area contributed by atoms with Gasteiger partial charge in [0.1, 0.15) is 5.75 Å². The van der Waals surface area contributed by atoms with E-state index in [1.54, 1.807) is 0 Å². The fourth-order valence-electron chi connectivity index (χ4n) is 2.05. The third kappa shape index (κ3) is 3.05. The van der Waals surface area contributed by atoms with Crippen molar-refractivity contribution >= 4 is 15.9 Å². The molecule has 1 aromatic carbocycles. The summed E-state index contributed by atoms with van der Waals surface area (Å²) in [5.74, 6) is 1.39. The molecule has 0 saturated heterocycles. The Labute approximate surface area is 117 Å². The van der Waals surface area contributed by atoms with Gasteiger partial charge in [-0.15, -0.1) is 0 Å². The van der Waals surface area contributed by atoms with Crippen molar-refractivity contribution in [1.82, 2.24) is 0 Å². The third-order valence-electron chi connectivity index (χ3n) is 3.54. The third-order valence-corrected chi connectivity index (χ3v) is 4.03. The van der Waals surface area contributed by atoms with Crippen LogP contribution in [-0.2, 0) is 0 Å². The van der Waals surface area contributed by atoms with Crippen molar-refractivity contribution in [3.8, 4) is 11.8 Å². The normalized spacial score (nSPS) is 16.4. The number of nitrogens with zero attached hydrogens (tertiary/aromatic N) is 1. The molecule has 1 aliphatic carbocycles. The standard InChI is InChI=1S/C15H18BrNO/c1-11(2)13-9-12(16)3-4-14(13)18-10-15(5-6-15)7-8-17/h3-4,9,11H,5-7,10H2,1-2H3. The van der Waals surface area contributed by atoms with E-state index in [1.807, 2.05) is 12.1 Å². The van der Waals surface area contributed by atoms with Crippen LogP contribution in [0.25, 0.3) is 0 Å². The molecule has 0 heterocycles. The van der Waals surface area contributed by atoms with Crippen LogP contribution in [0.15, 0.2) is 22.7 Å². The van der Waals surface area contributed by atoms with Gasteiger partial charge in [-0.1, -0.05) is 29.8 Å². The van der Waals surface area contributed by atoms with Crippen molar-refractivity contribution in [3.05, 3.63) is 28.2 Å². The van der Waals surface area contributed by atoms with Crippen LogP contribution in [0.1, 0.15) is 44.6 Å². The molecule has 18 heavy (non-hydrogen) atoms. The molecule has 0 N–H and O–H groups in total. The van der Waals surface area contributed by atoms with Crippen molar-refractivity contribution < 1.29 is 4.74 Å². The summed E-state index contributed by atoms with van der Waals surface area (Å²) in [6.45, 7) is 5.00. The van der Waals surface area contributed by atoms with Gasteiger partial charge in [-0.25, -0.2) is 0 Å². The molecule has 1 fully saturated rings. The molecule has 2 rings (SSSR count). The first kappa shape index (κ1) is 13.4. The Kier molecular flexibility index (Phi) is 3.97. The minimum absolute atomic E-state index is 0.135. The van der Waals surface area contributed by atoms with Crippen molar-refractivity contribution in [1.29, 1.82) is 5.26 Å². The molecule has 1 saturated carbocycles. The van der Waals surface area contributed by atoms with Crippen molar-refractivity contribution in [2.24, 2.45) is 5.41 Å². The predicted molar refractivity (Wildman–Crippen MR) is 75.6 cm³/mol. The predicted octanol–water partition coefficient (Wildman–Crippen LogP) is 4.65. The van der Waals surface area contributed by atoms with Gasteiger partial charge in [0.2, 0.25) is 0 Å². The van der Waals surface area contributed by atoms with Gasteiger partial charge in [-0.2, -0.15) is 5.26 Å². The first-order valence-electron chi connectivity index (χ1n) is 6.35. The van der Waals surface area contributed by atoms with E-state index in [0.29, 0.717) is 18.9 Å². The second kappa shape index (κ2) is 5.32. The second-order valence-corrected chi connectivity index (χ2v) is 6.38. The zero-order valence-corrected chi connectivity index (χ0v) is 12.5. The van der Waals surface area contributed by atoms with Gasteiger partial charge in [0.15, 0.2) is 0 Å². The molecule has 3 heteroatoms. The summed E-state index contributed by atoms with van der Waals surface area (Å²) in [5.41, 5.74) is 1.35. The fraction of sp³-hybridized carbons (Fsp3) is 0.533. The molecule has 1 aromatic rings. The summed E-state index contributed by atoms with van der Waals surface area (Å²) in [4.78, 5) is 0. The van der Waals surface area contributed by atoms with Gasteiger partial charge < -0.3 is 4.74 Å². The van der Waals surface area contributed by atoms with Crippen LogP contribution in [-0.4, -0.2) is 6.61 Å². The van der Waals surface area contributed by atoms with Crippen LogP contribution >= 0.6 is 15.9 Å². The van der Waals surface area contributed by atoms with E-state index < -0.39 is 0 Å². The maximum Gasteiger partial charge on any atom is 0.122 e. The Morgan fingerprint density at radius 3 is 2.72 bits per heavy atom. The summed E-state index contributed by atoms with van der Waals surface area (Å²) in [5, 5.41) is 8.81. The molecule has 0 aliphatic heterocycles. The van der Waals surface area contributed by atoms with Gasteiger partial charge in [-0.05, 0) is 42.5 Å². The highest BCUT2D eigenvalue weighted by atomic mass is 79.9. The van der Waals surface area contributed by atoms with Crippen molar-refractivity contribution in [2.75, 3.05) is 6.61 Å². The average Bonchev–Trinajstić information content (AvgIpc) is 3.08. The Bertz CT molecular complexity index is 472. The largest absolute Gasteiger partial charge is 0.493 e. The SMILES string of the molecule is CC(C)c1cc(Br)ccc1OCC1(CC#N)CC1. The highest BCUT2D eigenvalue weighted by molar-refractivity contribution is 9.10. The van der Waals surface area contributed by atoms with Gasteiger partial charge in [0, 0.05) is 16.3 Å². The van der Waals surface area contributed by atoms with E-state index in [4.69, 9.17) is 10.00 Å². The molecular formula is C15H18BrNO. The zero-order chi connectivity index (χ0) is 13.2. The molecular weight excluding hydrogens is 290 g/mol. The molecule has 1 aliphatic rings. The molecule has 0 unspecified atom stereocenters. The Hall–Kier alpha value is -1.01. The molecule has 2 nitrogen and oxygen atoms in total. The first-order chi connectivity index (χ1) is 8.56. The number of hydrogen-bond acceptors (Lipinski definition) is 2.